The molecule has 72 valence electrons. The predicted molar refractivity (Wildman–Crippen MR) is 52.6 cm³/mol. The maximum Gasteiger partial charge on any atom is 0.123 e. The second kappa shape index (κ2) is 4.00. The molecule has 0 heterocycles. The minimum absolute atomic E-state index is 0.0202. The van der Waals surface area contributed by atoms with Crippen LogP contribution in [0.3, 0.4) is 0 Å². The van der Waals surface area contributed by atoms with Crippen LogP contribution in [-0.2, 0) is 0 Å². The number of ether oxygens (including phenoxy) is 1. The molecular weight excluding hydrogens is 168 g/mol. The van der Waals surface area contributed by atoms with Crippen LogP contribution in [-0.4, -0.2) is 18.3 Å². The molecule has 5 N–H and O–H groups in total. The molecule has 1 aromatic carbocycles. The molecule has 0 aromatic heterocycles. The summed E-state index contributed by atoms with van der Waals surface area (Å²) in [7, 11) is 0. The highest BCUT2D eigenvalue weighted by Gasteiger charge is 2.02. The Labute approximate surface area is 77.1 Å². The van der Waals surface area contributed by atoms with Gasteiger partial charge in [-0.15, -0.1) is 0 Å². The number of aliphatic hydroxyl groups is 1. The van der Waals surface area contributed by atoms with Gasteiger partial charge in [-0.3, -0.25) is 0 Å². The van der Waals surface area contributed by atoms with E-state index in [0.717, 1.165) is 5.56 Å². The average Bonchev–Trinajstić information content (AvgIpc) is 2.10. The molecule has 0 radical (unpaired) electrons. The third-order valence-electron chi connectivity index (χ3n) is 1.82. The Kier molecular flexibility index (Phi) is 2.97. The summed E-state index contributed by atoms with van der Waals surface area (Å²) in [6, 6.07) is 3.39. The molecule has 4 nitrogen and oxygen atoms in total. The largest absolute Gasteiger partial charge is 0.491 e. The maximum atomic E-state index is 8.53. The second-order valence-corrected chi connectivity index (χ2v) is 2.80. The summed E-state index contributed by atoms with van der Waals surface area (Å²) in [4.78, 5) is 0. The first-order valence-electron chi connectivity index (χ1n) is 4.04. The Morgan fingerprint density at radius 3 is 2.31 bits per heavy atom. The van der Waals surface area contributed by atoms with E-state index in [2.05, 4.69) is 0 Å². The normalized spacial score (nSPS) is 10.0. The Hall–Kier alpha value is -1.42. The van der Waals surface area contributed by atoms with Gasteiger partial charge in [0, 0.05) is 23.5 Å². The standard InChI is InChI=1S/C9H14N2O2/c1-6-8(10)4-7(5-9(6)11)13-3-2-12/h4-5,12H,2-3,10-11H2,1H3. The maximum absolute atomic E-state index is 8.53. The molecule has 1 aromatic rings. The summed E-state index contributed by atoms with van der Waals surface area (Å²) in [5.74, 6) is 0.592. The van der Waals surface area contributed by atoms with E-state index in [-0.39, 0.29) is 13.2 Å². The van der Waals surface area contributed by atoms with E-state index in [1.807, 2.05) is 6.92 Å². The van der Waals surface area contributed by atoms with Crippen molar-refractivity contribution < 1.29 is 9.84 Å². The summed E-state index contributed by atoms with van der Waals surface area (Å²) >= 11 is 0. The molecule has 0 unspecified atom stereocenters. The van der Waals surface area contributed by atoms with E-state index in [4.69, 9.17) is 21.3 Å². The number of hydrogen-bond donors (Lipinski definition) is 3. The van der Waals surface area contributed by atoms with Crippen LogP contribution in [0.1, 0.15) is 5.56 Å². The molecule has 0 amide bonds. The SMILES string of the molecule is Cc1c(N)cc(OCCO)cc1N. The Bertz CT molecular complexity index is 277. The van der Waals surface area contributed by atoms with Crippen LogP contribution in [0, 0.1) is 6.92 Å². The molecule has 1 rings (SSSR count). The lowest BCUT2D eigenvalue weighted by Gasteiger charge is -2.09. The molecular formula is C9H14N2O2. The fourth-order valence-electron chi connectivity index (χ4n) is 0.978. The number of hydrogen-bond acceptors (Lipinski definition) is 4. The third kappa shape index (κ3) is 2.26. The molecule has 0 fully saturated rings. The summed E-state index contributed by atoms with van der Waals surface area (Å²) in [6.07, 6.45) is 0. The highest BCUT2D eigenvalue weighted by atomic mass is 16.5. The van der Waals surface area contributed by atoms with Crippen molar-refractivity contribution in [2.45, 2.75) is 6.92 Å². The van der Waals surface area contributed by atoms with Gasteiger partial charge >= 0.3 is 0 Å². The van der Waals surface area contributed by atoms with Crippen LogP contribution in [0.4, 0.5) is 11.4 Å². The zero-order chi connectivity index (χ0) is 9.84. The number of nitrogens with two attached hydrogens (primary N) is 2. The van der Waals surface area contributed by atoms with Crippen molar-refractivity contribution in [3.05, 3.63) is 17.7 Å². The van der Waals surface area contributed by atoms with Gasteiger partial charge in [0.1, 0.15) is 12.4 Å². The number of aliphatic hydroxyl groups excluding tert-OH is 1. The topological polar surface area (TPSA) is 81.5 Å². The first-order chi connectivity index (χ1) is 6.15. The van der Waals surface area contributed by atoms with Crippen LogP contribution >= 0.6 is 0 Å². The van der Waals surface area contributed by atoms with Gasteiger partial charge in [0.05, 0.1) is 6.61 Å². The van der Waals surface area contributed by atoms with Crippen molar-refractivity contribution in [1.82, 2.24) is 0 Å². The third-order valence-corrected chi connectivity index (χ3v) is 1.82. The first-order valence-corrected chi connectivity index (χ1v) is 4.04. The molecule has 0 aliphatic rings. The molecule has 0 aliphatic heterocycles. The number of benzene rings is 1. The van der Waals surface area contributed by atoms with E-state index >= 15 is 0 Å². The minimum Gasteiger partial charge on any atom is -0.491 e. The lowest BCUT2D eigenvalue weighted by molar-refractivity contribution is 0.201. The predicted octanol–water partition coefficient (Wildman–Crippen LogP) is 0.531. The quantitative estimate of drug-likeness (QED) is 0.595. The van der Waals surface area contributed by atoms with Gasteiger partial charge in [0.2, 0.25) is 0 Å². The van der Waals surface area contributed by atoms with E-state index in [1.54, 1.807) is 12.1 Å². The summed E-state index contributed by atoms with van der Waals surface area (Å²) in [6.45, 7) is 2.08. The van der Waals surface area contributed by atoms with Gasteiger partial charge in [0.25, 0.3) is 0 Å². The zero-order valence-corrected chi connectivity index (χ0v) is 7.58. The van der Waals surface area contributed by atoms with Gasteiger partial charge in [-0.2, -0.15) is 0 Å². The van der Waals surface area contributed by atoms with Crippen LogP contribution in [0.25, 0.3) is 0 Å². The lowest BCUT2D eigenvalue weighted by atomic mass is 10.1. The highest BCUT2D eigenvalue weighted by Crippen LogP contribution is 2.25. The molecule has 0 bridgehead atoms. The van der Waals surface area contributed by atoms with Gasteiger partial charge in [-0.05, 0) is 12.5 Å². The summed E-state index contributed by atoms with van der Waals surface area (Å²) in [5.41, 5.74) is 13.4. The van der Waals surface area contributed by atoms with Crippen LogP contribution in [0.2, 0.25) is 0 Å². The van der Waals surface area contributed by atoms with Crippen molar-refractivity contribution in [2.75, 3.05) is 24.7 Å². The van der Waals surface area contributed by atoms with Crippen LogP contribution in [0.5, 0.6) is 5.75 Å². The first kappa shape index (κ1) is 9.67. The average molecular weight is 182 g/mol. The molecule has 0 aliphatic carbocycles. The Balaban J connectivity index is 2.86. The highest BCUT2D eigenvalue weighted by molar-refractivity contribution is 5.64. The van der Waals surface area contributed by atoms with E-state index in [1.165, 1.54) is 0 Å². The van der Waals surface area contributed by atoms with Crippen molar-refractivity contribution >= 4 is 11.4 Å². The lowest BCUT2D eigenvalue weighted by Crippen LogP contribution is -2.03. The fourth-order valence-corrected chi connectivity index (χ4v) is 0.978. The number of nitrogen functional groups attached to an aromatic ring is 2. The Morgan fingerprint density at radius 2 is 1.85 bits per heavy atom. The fraction of sp³-hybridized carbons (Fsp3) is 0.333. The van der Waals surface area contributed by atoms with Crippen molar-refractivity contribution in [1.29, 1.82) is 0 Å². The van der Waals surface area contributed by atoms with Crippen molar-refractivity contribution in [2.24, 2.45) is 0 Å². The van der Waals surface area contributed by atoms with Crippen LogP contribution in [0.15, 0.2) is 12.1 Å². The molecule has 0 spiro atoms. The number of anilines is 2. The van der Waals surface area contributed by atoms with Gasteiger partial charge in [-0.25, -0.2) is 0 Å². The van der Waals surface area contributed by atoms with Crippen molar-refractivity contribution in [3.8, 4) is 5.75 Å². The van der Waals surface area contributed by atoms with E-state index < -0.39 is 0 Å². The molecule has 13 heavy (non-hydrogen) atoms. The Morgan fingerprint density at radius 1 is 1.31 bits per heavy atom. The minimum atomic E-state index is -0.0202. The summed E-state index contributed by atoms with van der Waals surface area (Å²) in [5, 5.41) is 8.53. The summed E-state index contributed by atoms with van der Waals surface area (Å²) < 4.78 is 5.16. The molecule has 0 saturated heterocycles. The molecule has 4 heteroatoms. The second-order valence-electron chi connectivity index (χ2n) is 2.80. The number of rotatable bonds is 3. The zero-order valence-electron chi connectivity index (χ0n) is 7.58. The van der Waals surface area contributed by atoms with Gasteiger partial charge in [0.15, 0.2) is 0 Å². The molecule has 0 atom stereocenters. The monoisotopic (exact) mass is 182 g/mol. The smallest absolute Gasteiger partial charge is 0.123 e. The van der Waals surface area contributed by atoms with Gasteiger partial charge in [-0.1, -0.05) is 0 Å². The van der Waals surface area contributed by atoms with Gasteiger partial charge < -0.3 is 21.3 Å². The van der Waals surface area contributed by atoms with E-state index in [0.29, 0.717) is 17.1 Å². The van der Waals surface area contributed by atoms with Crippen molar-refractivity contribution in [3.63, 3.8) is 0 Å². The van der Waals surface area contributed by atoms with Crippen LogP contribution < -0.4 is 16.2 Å². The van der Waals surface area contributed by atoms with E-state index in [9.17, 15) is 0 Å². The molecule has 0 saturated carbocycles.